The molecule has 0 saturated carbocycles. The van der Waals surface area contributed by atoms with Crippen LogP contribution in [0.5, 0.6) is 0 Å². The summed E-state index contributed by atoms with van der Waals surface area (Å²) in [7, 11) is 0. The van der Waals surface area contributed by atoms with Crippen LogP contribution >= 0.6 is 0 Å². The minimum absolute atomic E-state index is 0.708. The van der Waals surface area contributed by atoms with E-state index in [2.05, 4.69) is 199 Å². The highest BCUT2D eigenvalue weighted by Gasteiger charge is 2.16. The molecule has 0 unspecified atom stereocenters. The van der Waals surface area contributed by atoms with Gasteiger partial charge in [0.15, 0.2) is 5.82 Å². The van der Waals surface area contributed by atoms with Crippen LogP contribution in [-0.4, -0.2) is 14.5 Å². The number of aromatic nitrogens is 3. The second-order valence-corrected chi connectivity index (χ2v) is 14.6. The van der Waals surface area contributed by atoms with Crippen molar-refractivity contribution in [2.45, 2.75) is 0 Å². The van der Waals surface area contributed by atoms with E-state index in [9.17, 15) is 0 Å². The number of nitrogens with zero attached hydrogens (tertiary/aromatic N) is 3. The molecule has 2 heterocycles. The predicted molar refractivity (Wildman–Crippen MR) is 239 cm³/mol. The van der Waals surface area contributed by atoms with E-state index in [0.717, 1.165) is 44.5 Å². The van der Waals surface area contributed by atoms with Crippen molar-refractivity contribution in [1.82, 2.24) is 14.5 Å². The molecular formula is C54H35N3. The minimum atomic E-state index is 0.708. The van der Waals surface area contributed by atoms with Crippen LogP contribution in [0.15, 0.2) is 212 Å². The molecule has 0 bridgehead atoms. The first-order chi connectivity index (χ1) is 28.2. The van der Waals surface area contributed by atoms with Gasteiger partial charge in [0.2, 0.25) is 0 Å². The van der Waals surface area contributed by atoms with Crippen molar-refractivity contribution in [3.63, 3.8) is 0 Å². The Morgan fingerprint density at radius 3 is 1.46 bits per heavy atom. The molecule has 0 N–H and O–H groups in total. The van der Waals surface area contributed by atoms with E-state index in [1.165, 1.54) is 54.8 Å². The number of hydrogen-bond donors (Lipinski definition) is 0. The maximum atomic E-state index is 5.20. The van der Waals surface area contributed by atoms with Crippen molar-refractivity contribution in [3.8, 4) is 61.8 Å². The van der Waals surface area contributed by atoms with Crippen molar-refractivity contribution < 1.29 is 0 Å². The lowest BCUT2D eigenvalue weighted by Gasteiger charge is -2.14. The fourth-order valence-electron chi connectivity index (χ4n) is 8.43. The molecule has 0 spiro atoms. The third kappa shape index (κ3) is 5.76. The molecule has 0 aliphatic heterocycles. The fraction of sp³-hybridized carbons (Fsp3) is 0. The van der Waals surface area contributed by atoms with Gasteiger partial charge in [0.05, 0.1) is 22.4 Å². The van der Waals surface area contributed by atoms with Crippen LogP contribution in [0, 0.1) is 0 Å². The van der Waals surface area contributed by atoms with E-state index < -0.39 is 0 Å². The van der Waals surface area contributed by atoms with Gasteiger partial charge in [-0.2, -0.15) is 0 Å². The summed E-state index contributed by atoms with van der Waals surface area (Å²) < 4.78 is 2.36. The second kappa shape index (κ2) is 13.6. The second-order valence-electron chi connectivity index (χ2n) is 14.6. The van der Waals surface area contributed by atoms with E-state index in [4.69, 9.17) is 9.97 Å². The lowest BCUT2D eigenvalue weighted by molar-refractivity contribution is 1.18. The molecule has 266 valence electrons. The molecule has 57 heavy (non-hydrogen) atoms. The Labute approximate surface area is 330 Å². The summed E-state index contributed by atoms with van der Waals surface area (Å²) in [5.41, 5.74) is 13.3. The van der Waals surface area contributed by atoms with Crippen molar-refractivity contribution >= 4 is 43.4 Å². The van der Waals surface area contributed by atoms with E-state index in [1.807, 2.05) is 18.2 Å². The number of fused-ring (bicyclic) bond motifs is 5. The SMILES string of the molecule is c1ccc(-c2nc(-c3ccc4cc(-c5ccc(-n6c7ccccc7c7ccccc76)cc5)ccc4c3)cc(-c3ccc(-c4ccccc4)c4ccccc34)n2)cc1. The summed E-state index contributed by atoms with van der Waals surface area (Å²) in [6.45, 7) is 0. The Morgan fingerprint density at radius 2 is 0.789 bits per heavy atom. The third-order valence-corrected chi connectivity index (χ3v) is 11.2. The van der Waals surface area contributed by atoms with E-state index in [-0.39, 0.29) is 0 Å². The topological polar surface area (TPSA) is 30.7 Å². The number of hydrogen-bond acceptors (Lipinski definition) is 2. The highest BCUT2D eigenvalue weighted by molar-refractivity contribution is 6.09. The molecule has 0 aliphatic rings. The van der Waals surface area contributed by atoms with Gasteiger partial charge in [-0.05, 0) is 86.3 Å². The van der Waals surface area contributed by atoms with Gasteiger partial charge < -0.3 is 4.57 Å². The standard InChI is InChI=1S/C54H35N3/c1-3-13-37(14-4-1)44-31-32-47(46-18-8-7-17-45(44)46)51-35-50(55-54(56-51)38-15-5-2-6-16-38)42-26-25-40-33-39(23-24-41(40)34-42)36-27-29-43(30-28-36)57-52-21-11-9-19-48(52)49-20-10-12-22-53(49)57/h1-35H. The van der Waals surface area contributed by atoms with Gasteiger partial charge in [0, 0.05) is 33.2 Å². The molecule has 0 amide bonds. The molecule has 0 radical (unpaired) electrons. The minimum Gasteiger partial charge on any atom is -0.309 e. The zero-order valence-electron chi connectivity index (χ0n) is 31.0. The van der Waals surface area contributed by atoms with Gasteiger partial charge in [-0.15, -0.1) is 0 Å². The van der Waals surface area contributed by atoms with Crippen LogP contribution < -0.4 is 0 Å². The summed E-state index contributed by atoms with van der Waals surface area (Å²) in [6, 6.07) is 75.7. The highest BCUT2D eigenvalue weighted by atomic mass is 15.0. The zero-order valence-corrected chi connectivity index (χ0v) is 31.0. The van der Waals surface area contributed by atoms with Crippen LogP contribution in [0.1, 0.15) is 0 Å². The lowest BCUT2D eigenvalue weighted by Crippen LogP contribution is -1.97. The first kappa shape index (κ1) is 32.8. The van der Waals surface area contributed by atoms with Crippen molar-refractivity contribution in [2.24, 2.45) is 0 Å². The number of para-hydroxylation sites is 2. The third-order valence-electron chi connectivity index (χ3n) is 11.2. The van der Waals surface area contributed by atoms with Crippen molar-refractivity contribution in [1.29, 1.82) is 0 Å². The number of rotatable bonds is 6. The molecular weight excluding hydrogens is 691 g/mol. The highest BCUT2D eigenvalue weighted by Crippen LogP contribution is 2.38. The van der Waals surface area contributed by atoms with Crippen molar-refractivity contribution in [2.75, 3.05) is 0 Å². The first-order valence-corrected chi connectivity index (χ1v) is 19.4. The summed E-state index contributed by atoms with van der Waals surface area (Å²) in [4.78, 5) is 10.4. The van der Waals surface area contributed by atoms with Gasteiger partial charge in [0.1, 0.15) is 0 Å². The van der Waals surface area contributed by atoms with Crippen LogP contribution in [0.3, 0.4) is 0 Å². The Kier molecular flexibility index (Phi) is 7.82. The Balaban J connectivity index is 0.972. The number of benzene rings is 9. The van der Waals surface area contributed by atoms with Gasteiger partial charge in [0.25, 0.3) is 0 Å². The molecule has 3 nitrogen and oxygen atoms in total. The molecule has 2 aromatic heterocycles. The largest absolute Gasteiger partial charge is 0.309 e. The van der Waals surface area contributed by atoms with Gasteiger partial charge in [-0.1, -0.05) is 170 Å². The summed E-state index contributed by atoms with van der Waals surface area (Å²) in [5.74, 6) is 0.708. The summed E-state index contributed by atoms with van der Waals surface area (Å²) >= 11 is 0. The Morgan fingerprint density at radius 1 is 0.298 bits per heavy atom. The van der Waals surface area contributed by atoms with Gasteiger partial charge in [-0.3, -0.25) is 0 Å². The lowest BCUT2D eigenvalue weighted by atomic mass is 9.93. The zero-order chi connectivity index (χ0) is 37.7. The molecule has 0 atom stereocenters. The Hall–Kier alpha value is -7.62. The van der Waals surface area contributed by atoms with E-state index in [0.29, 0.717) is 5.82 Å². The monoisotopic (exact) mass is 725 g/mol. The van der Waals surface area contributed by atoms with Crippen LogP contribution in [-0.2, 0) is 0 Å². The molecule has 3 heteroatoms. The quantitative estimate of drug-likeness (QED) is 0.171. The van der Waals surface area contributed by atoms with Crippen molar-refractivity contribution in [3.05, 3.63) is 212 Å². The molecule has 0 fully saturated rings. The fourth-order valence-corrected chi connectivity index (χ4v) is 8.43. The normalized spacial score (nSPS) is 11.5. The average molecular weight is 726 g/mol. The van der Waals surface area contributed by atoms with Gasteiger partial charge >= 0.3 is 0 Å². The first-order valence-electron chi connectivity index (χ1n) is 19.4. The molecule has 0 aliphatic carbocycles. The molecule has 0 saturated heterocycles. The Bertz CT molecular complexity index is 3220. The van der Waals surface area contributed by atoms with Crippen LogP contribution in [0.2, 0.25) is 0 Å². The molecule has 11 rings (SSSR count). The smallest absolute Gasteiger partial charge is 0.160 e. The molecule has 9 aromatic carbocycles. The van der Waals surface area contributed by atoms with Crippen LogP contribution in [0.4, 0.5) is 0 Å². The maximum Gasteiger partial charge on any atom is 0.160 e. The maximum absolute atomic E-state index is 5.20. The van der Waals surface area contributed by atoms with Crippen LogP contribution in [0.25, 0.3) is 105 Å². The van der Waals surface area contributed by atoms with E-state index >= 15 is 0 Å². The van der Waals surface area contributed by atoms with Gasteiger partial charge in [-0.25, -0.2) is 9.97 Å². The molecule has 11 aromatic rings. The summed E-state index contributed by atoms with van der Waals surface area (Å²) in [6.07, 6.45) is 0. The average Bonchev–Trinajstić information content (AvgIpc) is 3.63. The summed E-state index contributed by atoms with van der Waals surface area (Å²) in [5, 5.41) is 7.25. The predicted octanol–water partition coefficient (Wildman–Crippen LogP) is 14.2. The van der Waals surface area contributed by atoms with E-state index in [1.54, 1.807) is 0 Å².